The molecule has 0 aliphatic carbocycles. The van der Waals surface area contributed by atoms with Gasteiger partial charge in [0, 0.05) is 0 Å². The van der Waals surface area contributed by atoms with Gasteiger partial charge in [0.05, 0.1) is 0 Å². The minimum atomic E-state index is -3.70. The van der Waals surface area contributed by atoms with E-state index in [1.807, 2.05) is 0 Å². The first-order chi connectivity index (χ1) is 13.4. The van der Waals surface area contributed by atoms with E-state index in [1.165, 1.54) is 0 Å². The minimum absolute atomic E-state index is 2.04. The van der Waals surface area contributed by atoms with Crippen LogP contribution in [0.25, 0.3) is 0 Å². The van der Waals surface area contributed by atoms with Crippen molar-refractivity contribution >= 4 is 37.1 Å². The molecule has 2 aromatic rings. The van der Waals surface area contributed by atoms with Gasteiger partial charge in [-0.15, -0.1) is 0 Å². The molecule has 0 unspecified atom stereocenters. The van der Waals surface area contributed by atoms with Crippen LogP contribution in [0.15, 0.2) is 0 Å². The first kappa shape index (κ1) is 22.9. The van der Waals surface area contributed by atoms with Crippen LogP contribution in [-0.4, -0.2) is 37.1 Å². The molecule has 4 nitrogen and oxygen atoms in total. The second-order valence-electron chi connectivity index (χ2n) is 4.75. The van der Waals surface area contributed by atoms with Gasteiger partial charge in [0.25, 0.3) is 0 Å². The zero-order valence-corrected chi connectivity index (χ0v) is 16.8. The van der Waals surface area contributed by atoms with Crippen LogP contribution in [0.3, 0.4) is 0 Å². The molecule has 0 saturated heterocycles. The standard InChI is InChI=1S/2C7HF5O2.Pb/c2*8-2-1(7(13)14)3(9)5(11)6(12)4(2)10;/h2*(H,13,14);/q;;+2/p-2. The summed E-state index contributed by atoms with van der Waals surface area (Å²) in [5, 5.41) is 0. The van der Waals surface area contributed by atoms with Crippen LogP contribution in [0.5, 0.6) is 0 Å². The van der Waals surface area contributed by atoms with E-state index < -0.39 is 106 Å². The molecule has 0 aliphatic rings. The van der Waals surface area contributed by atoms with Crippen molar-refractivity contribution in [3.8, 4) is 0 Å². The second-order valence-corrected chi connectivity index (χ2v) is 6.99. The third-order valence-corrected chi connectivity index (χ3v) is 5.19. The average Bonchev–Trinajstić information content (AvgIpc) is 2.68. The van der Waals surface area contributed by atoms with Gasteiger partial charge in [0.2, 0.25) is 0 Å². The van der Waals surface area contributed by atoms with Crippen LogP contribution < -0.4 is 0 Å². The summed E-state index contributed by atoms with van der Waals surface area (Å²) >= 11 is -3.70. The first-order valence-corrected chi connectivity index (χ1v) is 9.79. The Morgan fingerprint density at radius 1 is 0.448 bits per heavy atom. The molecule has 2 rings (SSSR count). The van der Waals surface area contributed by atoms with Crippen molar-refractivity contribution in [3.63, 3.8) is 0 Å². The third kappa shape index (κ3) is 4.01. The quantitative estimate of drug-likeness (QED) is 0.225. The molecule has 0 aliphatic heterocycles. The summed E-state index contributed by atoms with van der Waals surface area (Å²) in [6.07, 6.45) is 0. The third-order valence-electron chi connectivity index (χ3n) is 3.10. The maximum atomic E-state index is 13.4. The van der Waals surface area contributed by atoms with Crippen molar-refractivity contribution in [1.82, 2.24) is 0 Å². The first-order valence-electron chi connectivity index (χ1n) is 6.61. The topological polar surface area (TPSA) is 52.6 Å². The van der Waals surface area contributed by atoms with E-state index in [4.69, 9.17) is 0 Å². The van der Waals surface area contributed by atoms with Gasteiger partial charge in [-0.3, -0.25) is 0 Å². The summed E-state index contributed by atoms with van der Waals surface area (Å²) < 4.78 is 140. The number of carbonyl (C=O) groups is 2. The van der Waals surface area contributed by atoms with Crippen molar-refractivity contribution in [2.24, 2.45) is 0 Å². The SMILES string of the molecule is O=C([O][Pb][O]C(=O)c1c(F)c(F)c(F)c(F)c1F)c1c(F)c(F)c(F)c(F)c1F. The van der Waals surface area contributed by atoms with Gasteiger partial charge in [-0.05, 0) is 0 Å². The summed E-state index contributed by atoms with van der Waals surface area (Å²) in [5.41, 5.74) is -4.08. The molecule has 0 aromatic heterocycles. The van der Waals surface area contributed by atoms with E-state index in [2.05, 4.69) is 5.37 Å². The number of hydrogen-bond donors (Lipinski definition) is 0. The predicted molar refractivity (Wildman–Crippen MR) is 69.0 cm³/mol. The second kappa shape index (κ2) is 8.54. The van der Waals surface area contributed by atoms with Gasteiger partial charge in [0.15, 0.2) is 0 Å². The number of halogens is 10. The van der Waals surface area contributed by atoms with Crippen molar-refractivity contribution in [1.29, 1.82) is 0 Å². The molecule has 0 fully saturated rings. The van der Waals surface area contributed by atoms with Gasteiger partial charge in [0.1, 0.15) is 0 Å². The average molecular weight is 629 g/mol. The van der Waals surface area contributed by atoms with Crippen LogP contribution in [0.2, 0.25) is 0 Å². The molecule has 154 valence electrons. The van der Waals surface area contributed by atoms with Crippen LogP contribution in [0.1, 0.15) is 20.7 Å². The Labute approximate surface area is 165 Å². The van der Waals surface area contributed by atoms with Crippen molar-refractivity contribution < 1.29 is 58.9 Å². The van der Waals surface area contributed by atoms with Crippen LogP contribution >= 0.6 is 0 Å². The Morgan fingerprint density at radius 2 is 0.655 bits per heavy atom. The van der Waals surface area contributed by atoms with Crippen LogP contribution in [-0.2, 0) is 5.37 Å². The summed E-state index contributed by atoms with van der Waals surface area (Å²) in [6.45, 7) is 0. The number of benzene rings is 2. The fraction of sp³-hybridized carbons (Fsp3) is 0. The summed E-state index contributed by atoms with van der Waals surface area (Å²) in [5.74, 6) is -29.7. The molecule has 2 aromatic carbocycles. The molecule has 2 radical (unpaired) electrons. The number of hydrogen-bond acceptors (Lipinski definition) is 4. The Bertz CT molecular complexity index is 903. The predicted octanol–water partition coefficient (Wildman–Crippen LogP) is 3.63. The zero-order valence-electron chi connectivity index (χ0n) is 12.9. The molecular formula is C14F10O4Pb. The zero-order chi connectivity index (χ0) is 22.2. The molecule has 0 saturated carbocycles. The molecule has 0 amide bonds. The fourth-order valence-corrected chi connectivity index (χ4v) is 3.31. The van der Waals surface area contributed by atoms with E-state index in [9.17, 15) is 53.5 Å². The summed E-state index contributed by atoms with van der Waals surface area (Å²) in [4.78, 5) is 23.0. The molecule has 29 heavy (non-hydrogen) atoms. The maximum absolute atomic E-state index is 13.4. The van der Waals surface area contributed by atoms with Gasteiger partial charge in [-0.1, -0.05) is 0 Å². The molecule has 0 N–H and O–H groups in total. The summed E-state index contributed by atoms with van der Waals surface area (Å²) in [6, 6.07) is 0. The van der Waals surface area contributed by atoms with E-state index in [1.54, 1.807) is 0 Å². The molecule has 0 spiro atoms. The molecule has 15 heteroatoms. The Morgan fingerprint density at radius 3 is 0.897 bits per heavy atom. The van der Waals surface area contributed by atoms with E-state index in [0.717, 1.165) is 0 Å². The molecule has 0 bridgehead atoms. The van der Waals surface area contributed by atoms with Gasteiger partial charge in [-0.25, -0.2) is 0 Å². The Hall–Kier alpha value is -2.40. The normalized spacial score (nSPS) is 10.8. The molecule has 0 heterocycles. The van der Waals surface area contributed by atoms with Gasteiger partial charge < -0.3 is 0 Å². The molecular weight excluding hydrogens is 629 g/mol. The van der Waals surface area contributed by atoms with Gasteiger partial charge in [-0.2, -0.15) is 0 Å². The fourth-order valence-electron chi connectivity index (χ4n) is 1.77. The van der Waals surface area contributed by atoms with Crippen LogP contribution in [0, 0.1) is 58.2 Å². The van der Waals surface area contributed by atoms with Crippen LogP contribution in [0.4, 0.5) is 43.9 Å². The van der Waals surface area contributed by atoms with Crippen molar-refractivity contribution in [2.75, 3.05) is 0 Å². The Balaban J connectivity index is 2.20. The van der Waals surface area contributed by atoms with Crippen molar-refractivity contribution in [2.45, 2.75) is 0 Å². The molecule has 0 atom stereocenters. The Kier molecular flexibility index (Phi) is 6.74. The monoisotopic (exact) mass is 630 g/mol. The van der Waals surface area contributed by atoms with Crippen molar-refractivity contribution in [3.05, 3.63) is 69.3 Å². The van der Waals surface area contributed by atoms with E-state index in [-0.39, 0.29) is 0 Å². The number of carbonyl (C=O) groups excluding carboxylic acids is 2. The van der Waals surface area contributed by atoms with E-state index >= 15 is 0 Å². The number of rotatable bonds is 4. The summed E-state index contributed by atoms with van der Waals surface area (Å²) in [7, 11) is 0. The van der Waals surface area contributed by atoms with E-state index in [0.29, 0.717) is 0 Å². The van der Waals surface area contributed by atoms with Gasteiger partial charge >= 0.3 is 165 Å².